The molecule has 0 aliphatic carbocycles. The van der Waals surface area contributed by atoms with Crippen LogP contribution in [0.4, 0.5) is 15.8 Å². The van der Waals surface area contributed by atoms with Crippen LogP contribution in [0.15, 0.2) is 42.5 Å². The summed E-state index contributed by atoms with van der Waals surface area (Å²) in [7, 11) is 0. The zero-order valence-corrected chi connectivity index (χ0v) is 15.2. The molecule has 4 heteroatoms. The van der Waals surface area contributed by atoms with Crippen LogP contribution in [-0.2, 0) is 6.42 Å². The summed E-state index contributed by atoms with van der Waals surface area (Å²) in [5.74, 6) is 0.282. The van der Waals surface area contributed by atoms with Gasteiger partial charge in [-0.15, -0.1) is 0 Å². The van der Waals surface area contributed by atoms with E-state index in [-0.39, 0.29) is 11.9 Å². The van der Waals surface area contributed by atoms with Crippen LogP contribution < -0.4 is 10.2 Å². The molecule has 2 nitrogen and oxygen atoms in total. The molecule has 2 aromatic rings. The van der Waals surface area contributed by atoms with Crippen molar-refractivity contribution in [2.75, 3.05) is 10.2 Å². The van der Waals surface area contributed by atoms with Gasteiger partial charge in [0.05, 0.1) is 0 Å². The molecule has 0 fully saturated rings. The highest BCUT2D eigenvalue weighted by Gasteiger charge is 2.26. The Kier molecular flexibility index (Phi) is 4.86. The first-order valence-corrected chi connectivity index (χ1v) is 8.85. The molecule has 1 unspecified atom stereocenters. The molecule has 126 valence electrons. The predicted octanol–water partition coefficient (Wildman–Crippen LogP) is 5.49. The number of nitrogens with zero attached hydrogens (tertiary/aromatic N) is 1. The van der Waals surface area contributed by atoms with Crippen LogP contribution in [0, 0.1) is 5.82 Å². The third-order valence-electron chi connectivity index (χ3n) is 4.60. The van der Waals surface area contributed by atoms with Crippen molar-refractivity contribution in [1.29, 1.82) is 0 Å². The Morgan fingerprint density at radius 1 is 1.25 bits per heavy atom. The molecule has 24 heavy (non-hydrogen) atoms. The summed E-state index contributed by atoms with van der Waals surface area (Å²) in [5.41, 5.74) is 4.30. The number of fused-ring (bicyclic) bond motifs is 1. The number of thiocarbonyl (C=S) groups is 1. The summed E-state index contributed by atoms with van der Waals surface area (Å²) in [6.07, 6.45) is 1.85. The molecule has 0 saturated carbocycles. The standard InChI is InChI=1S/C20H23FN2S/c1-13(2)15-5-4-6-18(12-15)22-20(24)23-14(3)7-8-16-11-17(21)9-10-19(16)23/h4-6,9-14H,7-8H2,1-3H3,(H,22,24). The van der Waals surface area contributed by atoms with Crippen LogP contribution in [0.3, 0.4) is 0 Å². The summed E-state index contributed by atoms with van der Waals surface area (Å²) in [4.78, 5) is 2.11. The van der Waals surface area contributed by atoms with Crippen LogP contribution in [0.2, 0.25) is 0 Å². The van der Waals surface area contributed by atoms with E-state index in [1.165, 1.54) is 11.6 Å². The van der Waals surface area contributed by atoms with Gasteiger partial charge in [-0.1, -0.05) is 26.0 Å². The van der Waals surface area contributed by atoms with Crippen molar-refractivity contribution in [3.05, 3.63) is 59.4 Å². The molecule has 0 radical (unpaired) electrons. The Morgan fingerprint density at radius 2 is 2.04 bits per heavy atom. The smallest absolute Gasteiger partial charge is 0.178 e. The Balaban J connectivity index is 1.86. The first-order valence-electron chi connectivity index (χ1n) is 8.44. The molecule has 0 spiro atoms. The Morgan fingerprint density at radius 3 is 2.79 bits per heavy atom. The maximum atomic E-state index is 13.5. The minimum Gasteiger partial charge on any atom is -0.332 e. The lowest BCUT2D eigenvalue weighted by Crippen LogP contribution is -2.44. The number of benzene rings is 2. The molecular weight excluding hydrogens is 319 g/mol. The quantitative estimate of drug-likeness (QED) is 0.727. The van der Waals surface area contributed by atoms with Crippen LogP contribution in [0.5, 0.6) is 0 Å². The van der Waals surface area contributed by atoms with Crippen molar-refractivity contribution in [2.24, 2.45) is 0 Å². The van der Waals surface area contributed by atoms with Gasteiger partial charge < -0.3 is 10.2 Å². The van der Waals surface area contributed by atoms with Crippen molar-refractivity contribution >= 4 is 28.7 Å². The second-order valence-electron chi connectivity index (χ2n) is 6.74. The minimum absolute atomic E-state index is 0.188. The minimum atomic E-state index is -0.188. The fraction of sp³-hybridized carbons (Fsp3) is 0.350. The summed E-state index contributed by atoms with van der Waals surface area (Å²) in [6, 6.07) is 13.6. The average molecular weight is 342 g/mol. The van der Waals surface area contributed by atoms with E-state index in [0.717, 1.165) is 29.8 Å². The van der Waals surface area contributed by atoms with Crippen LogP contribution in [-0.4, -0.2) is 11.2 Å². The summed E-state index contributed by atoms with van der Waals surface area (Å²) in [5, 5.41) is 4.02. The van der Waals surface area contributed by atoms with Crippen molar-refractivity contribution in [3.63, 3.8) is 0 Å². The first kappa shape index (κ1) is 16.9. The molecule has 1 atom stereocenters. The van der Waals surface area contributed by atoms with E-state index >= 15 is 0 Å². The van der Waals surface area contributed by atoms with E-state index in [1.807, 2.05) is 18.2 Å². The fourth-order valence-corrected chi connectivity index (χ4v) is 3.59. The Labute approximate surface area is 148 Å². The maximum Gasteiger partial charge on any atom is 0.178 e. The molecule has 1 aliphatic heterocycles. The normalized spacial score (nSPS) is 16.9. The summed E-state index contributed by atoms with van der Waals surface area (Å²) >= 11 is 5.67. The number of nitrogens with one attached hydrogen (secondary N) is 1. The van der Waals surface area contributed by atoms with Gasteiger partial charge in [0.1, 0.15) is 5.82 Å². The third kappa shape index (κ3) is 3.44. The molecule has 2 aromatic carbocycles. The lowest BCUT2D eigenvalue weighted by molar-refractivity contribution is 0.604. The van der Waals surface area contributed by atoms with Gasteiger partial charge in [0.15, 0.2) is 5.11 Å². The number of anilines is 2. The van der Waals surface area contributed by atoms with Crippen LogP contribution in [0.25, 0.3) is 0 Å². The Bertz CT molecular complexity index is 757. The molecule has 1 N–H and O–H groups in total. The molecule has 0 amide bonds. The van der Waals surface area contributed by atoms with Gasteiger partial charge in [-0.05, 0) is 79.4 Å². The third-order valence-corrected chi connectivity index (χ3v) is 4.90. The molecule has 0 aromatic heterocycles. The lowest BCUT2D eigenvalue weighted by atomic mass is 9.97. The van der Waals surface area contributed by atoms with Gasteiger partial charge >= 0.3 is 0 Å². The van der Waals surface area contributed by atoms with E-state index in [1.54, 1.807) is 6.07 Å². The maximum absolute atomic E-state index is 13.5. The molecular formula is C20H23FN2S. The van der Waals surface area contributed by atoms with E-state index in [0.29, 0.717) is 11.0 Å². The highest BCUT2D eigenvalue weighted by Crippen LogP contribution is 2.32. The molecule has 0 bridgehead atoms. The van der Waals surface area contributed by atoms with Gasteiger partial charge in [-0.2, -0.15) is 0 Å². The molecule has 0 saturated heterocycles. The van der Waals surface area contributed by atoms with Crippen molar-refractivity contribution in [3.8, 4) is 0 Å². The van der Waals surface area contributed by atoms with Gasteiger partial charge in [0.25, 0.3) is 0 Å². The second kappa shape index (κ2) is 6.89. The molecule has 3 rings (SSSR count). The fourth-order valence-electron chi connectivity index (χ4n) is 3.19. The number of rotatable bonds is 2. The predicted molar refractivity (Wildman–Crippen MR) is 103 cm³/mol. The van der Waals surface area contributed by atoms with Gasteiger partial charge in [0, 0.05) is 17.4 Å². The van der Waals surface area contributed by atoms with Gasteiger partial charge in [0.2, 0.25) is 0 Å². The first-order chi connectivity index (χ1) is 11.5. The van der Waals surface area contributed by atoms with Gasteiger partial charge in [-0.25, -0.2) is 4.39 Å². The van der Waals surface area contributed by atoms with Crippen molar-refractivity contribution in [1.82, 2.24) is 0 Å². The molecule has 1 aliphatic rings. The zero-order chi connectivity index (χ0) is 17.3. The van der Waals surface area contributed by atoms with Crippen molar-refractivity contribution < 1.29 is 4.39 Å². The largest absolute Gasteiger partial charge is 0.332 e. The summed E-state index contributed by atoms with van der Waals surface area (Å²) < 4.78 is 13.5. The zero-order valence-electron chi connectivity index (χ0n) is 14.3. The second-order valence-corrected chi connectivity index (χ2v) is 7.13. The monoisotopic (exact) mass is 342 g/mol. The van der Waals surface area contributed by atoms with Crippen LogP contribution >= 0.6 is 12.2 Å². The number of hydrogen-bond donors (Lipinski definition) is 1. The summed E-state index contributed by atoms with van der Waals surface area (Å²) in [6.45, 7) is 6.51. The highest BCUT2D eigenvalue weighted by atomic mass is 32.1. The lowest BCUT2D eigenvalue weighted by Gasteiger charge is -2.37. The van der Waals surface area contributed by atoms with E-state index in [9.17, 15) is 4.39 Å². The SMILES string of the molecule is CC(C)c1cccc(NC(=S)N2c3ccc(F)cc3CCC2C)c1. The van der Waals surface area contributed by atoms with Crippen LogP contribution in [0.1, 0.15) is 44.2 Å². The Hall–Kier alpha value is -1.94. The van der Waals surface area contributed by atoms with E-state index in [4.69, 9.17) is 12.2 Å². The average Bonchev–Trinajstić information content (AvgIpc) is 2.55. The number of hydrogen-bond acceptors (Lipinski definition) is 1. The topological polar surface area (TPSA) is 15.3 Å². The highest BCUT2D eigenvalue weighted by molar-refractivity contribution is 7.80. The number of aryl methyl sites for hydroxylation is 1. The van der Waals surface area contributed by atoms with Crippen molar-refractivity contribution in [2.45, 2.75) is 45.6 Å². The number of halogens is 1. The van der Waals surface area contributed by atoms with E-state index < -0.39 is 0 Å². The van der Waals surface area contributed by atoms with E-state index in [2.05, 4.69) is 43.1 Å². The molecule has 1 heterocycles. The van der Waals surface area contributed by atoms with Gasteiger partial charge in [-0.3, -0.25) is 0 Å².